The van der Waals surface area contributed by atoms with Crippen LogP contribution in [-0.4, -0.2) is 19.2 Å². The van der Waals surface area contributed by atoms with Gasteiger partial charge in [0, 0.05) is 5.02 Å². The molecular weight excluding hydrogens is 316 g/mol. The zero-order valence-electron chi connectivity index (χ0n) is 13.0. The predicted molar refractivity (Wildman–Crippen MR) is 87.5 cm³/mol. The summed E-state index contributed by atoms with van der Waals surface area (Å²) in [5.74, 6) is 1.46. The Morgan fingerprint density at radius 1 is 1.04 bits per heavy atom. The van der Waals surface area contributed by atoms with Crippen LogP contribution in [0, 0.1) is 0 Å². The first-order valence-corrected chi connectivity index (χ1v) is 7.72. The maximum absolute atomic E-state index is 12.6. The van der Waals surface area contributed by atoms with Gasteiger partial charge in [0.15, 0.2) is 11.5 Å². The third kappa shape index (κ3) is 3.27. The Morgan fingerprint density at radius 2 is 1.70 bits per heavy atom. The number of hydrogen-bond donors (Lipinski definition) is 0. The van der Waals surface area contributed by atoms with Crippen LogP contribution in [0.1, 0.15) is 19.4 Å². The number of benzene rings is 2. The molecule has 1 aliphatic rings. The summed E-state index contributed by atoms with van der Waals surface area (Å²) < 4.78 is 16.5. The van der Waals surface area contributed by atoms with Crippen molar-refractivity contribution >= 4 is 17.6 Å². The molecule has 0 unspecified atom stereocenters. The third-order valence-corrected chi connectivity index (χ3v) is 4.05. The van der Waals surface area contributed by atoms with Crippen LogP contribution in [0.15, 0.2) is 42.5 Å². The van der Waals surface area contributed by atoms with E-state index in [0.29, 0.717) is 35.5 Å². The van der Waals surface area contributed by atoms with Crippen LogP contribution in [0.3, 0.4) is 0 Å². The molecule has 0 N–H and O–H groups in total. The molecule has 0 aromatic heterocycles. The molecule has 3 rings (SSSR count). The number of halogens is 1. The van der Waals surface area contributed by atoms with Gasteiger partial charge < -0.3 is 14.2 Å². The van der Waals surface area contributed by atoms with E-state index in [2.05, 4.69) is 0 Å². The van der Waals surface area contributed by atoms with Crippen molar-refractivity contribution in [2.24, 2.45) is 0 Å². The number of esters is 1. The highest BCUT2D eigenvalue weighted by Gasteiger charge is 2.33. The Balaban J connectivity index is 1.82. The number of carbonyl (C=O) groups excluding carboxylic acids is 1. The van der Waals surface area contributed by atoms with E-state index in [1.165, 1.54) is 0 Å². The van der Waals surface area contributed by atoms with Crippen LogP contribution in [0.5, 0.6) is 17.2 Å². The Kier molecular flexibility index (Phi) is 4.18. The molecule has 4 nitrogen and oxygen atoms in total. The number of fused-ring (bicyclic) bond motifs is 1. The van der Waals surface area contributed by atoms with Crippen molar-refractivity contribution in [3.05, 3.63) is 53.1 Å². The number of carbonyl (C=O) groups is 1. The quantitative estimate of drug-likeness (QED) is 0.629. The zero-order valence-corrected chi connectivity index (χ0v) is 13.7. The van der Waals surface area contributed by atoms with Gasteiger partial charge in [0.05, 0.1) is 5.41 Å². The largest absolute Gasteiger partial charge is 0.486 e. The van der Waals surface area contributed by atoms with Gasteiger partial charge in [0.2, 0.25) is 0 Å². The van der Waals surface area contributed by atoms with Crippen molar-refractivity contribution < 1.29 is 19.0 Å². The maximum atomic E-state index is 12.6. The van der Waals surface area contributed by atoms with Gasteiger partial charge in [-0.05, 0) is 55.8 Å². The van der Waals surface area contributed by atoms with Gasteiger partial charge in [-0.3, -0.25) is 4.79 Å². The summed E-state index contributed by atoms with van der Waals surface area (Å²) in [6.07, 6.45) is 0. The fourth-order valence-electron chi connectivity index (χ4n) is 2.29. The van der Waals surface area contributed by atoms with Crippen LogP contribution in [0.25, 0.3) is 0 Å². The van der Waals surface area contributed by atoms with Crippen molar-refractivity contribution in [2.45, 2.75) is 19.3 Å². The summed E-state index contributed by atoms with van der Waals surface area (Å²) in [6, 6.07) is 12.2. The molecule has 0 amide bonds. The van der Waals surface area contributed by atoms with Gasteiger partial charge >= 0.3 is 5.97 Å². The van der Waals surface area contributed by atoms with Crippen molar-refractivity contribution in [2.75, 3.05) is 13.2 Å². The predicted octanol–water partition coefficient (Wildman–Crippen LogP) is 3.99. The average molecular weight is 333 g/mol. The summed E-state index contributed by atoms with van der Waals surface area (Å²) in [4.78, 5) is 12.6. The van der Waals surface area contributed by atoms with Gasteiger partial charge in [-0.1, -0.05) is 17.7 Å². The molecule has 0 atom stereocenters. The lowest BCUT2D eigenvalue weighted by Gasteiger charge is -2.25. The topological polar surface area (TPSA) is 44.8 Å². The number of ether oxygens (including phenoxy) is 3. The van der Waals surface area contributed by atoms with E-state index in [4.69, 9.17) is 25.8 Å². The minimum absolute atomic E-state index is 0.350. The molecule has 0 fully saturated rings. The molecule has 2 aromatic rings. The second-order valence-corrected chi connectivity index (χ2v) is 6.26. The van der Waals surface area contributed by atoms with E-state index >= 15 is 0 Å². The second kappa shape index (κ2) is 6.13. The SMILES string of the molecule is CC(C)(C(=O)Oc1ccc(Cl)cc1)c1ccc2c(c1)OCCO2. The first kappa shape index (κ1) is 15.7. The van der Waals surface area contributed by atoms with Gasteiger partial charge in [-0.25, -0.2) is 0 Å². The molecule has 1 aliphatic heterocycles. The van der Waals surface area contributed by atoms with Crippen molar-refractivity contribution in [1.82, 2.24) is 0 Å². The maximum Gasteiger partial charge on any atom is 0.321 e. The smallest absolute Gasteiger partial charge is 0.321 e. The second-order valence-electron chi connectivity index (χ2n) is 5.83. The normalized spacial score (nSPS) is 13.5. The summed E-state index contributed by atoms with van der Waals surface area (Å²) >= 11 is 5.84. The molecule has 0 spiro atoms. The van der Waals surface area contributed by atoms with E-state index in [0.717, 1.165) is 5.56 Å². The Bertz CT molecular complexity index is 722. The van der Waals surface area contributed by atoms with E-state index < -0.39 is 5.41 Å². The molecule has 120 valence electrons. The Labute approximate surface area is 139 Å². The molecule has 0 saturated heterocycles. The van der Waals surface area contributed by atoms with Crippen LogP contribution in [0.2, 0.25) is 5.02 Å². The first-order valence-electron chi connectivity index (χ1n) is 7.35. The molecule has 2 aromatic carbocycles. The number of rotatable bonds is 3. The molecule has 0 aliphatic carbocycles. The lowest BCUT2D eigenvalue weighted by atomic mass is 9.84. The van der Waals surface area contributed by atoms with Crippen molar-refractivity contribution in [1.29, 1.82) is 0 Å². The molecule has 1 heterocycles. The number of hydrogen-bond acceptors (Lipinski definition) is 4. The van der Waals surface area contributed by atoms with E-state index in [-0.39, 0.29) is 5.97 Å². The minimum atomic E-state index is -0.824. The highest BCUT2D eigenvalue weighted by molar-refractivity contribution is 6.30. The summed E-state index contributed by atoms with van der Waals surface area (Å²) in [7, 11) is 0. The fraction of sp³-hybridized carbons (Fsp3) is 0.278. The minimum Gasteiger partial charge on any atom is -0.486 e. The molecule has 23 heavy (non-hydrogen) atoms. The Morgan fingerprint density at radius 3 is 2.39 bits per heavy atom. The van der Waals surface area contributed by atoms with Crippen LogP contribution in [-0.2, 0) is 10.2 Å². The summed E-state index contributed by atoms with van der Waals surface area (Å²) in [5.41, 5.74) is -0.0177. The first-order chi connectivity index (χ1) is 11.0. The van der Waals surface area contributed by atoms with Crippen LogP contribution >= 0.6 is 11.6 Å². The molecule has 5 heteroatoms. The standard InChI is InChI=1S/C18H17ClO4/c1-18(2,17(20)23-14-6-4-13(19)5-7-14)12-3-8-15-16(11-12)22-10-9-21-15/h3-8,11H,9-10H2,1-2H3. The third-order valence-electron chi connectivity index (χ3n) is 3.80. The zero-order chi connectivity index (χ0) is 16.4. The summed E-state index contributed by atoms with van der Waals surface area (Å²) in [6.45, 7) is 4.67. The fourth-order valence-corrected chi connectivity index (χ4v) is 2.41. The highest BCUT2D eigenvalue weighted by atomic mass is 35.5. The highest BCUT2D eigenvalue weighted by Crippen LogP contribution is 2.35. The van der Waals surface area contributed by atoms with E-state index in [1.807, 2.05) is 32.0 Å². The van der Waals surface area contributed by atoms with Gasteiger partial charge in [0.1, 0.15) is 19.0 Å². The van der Waals surface area contributed by atoms with Gasteiger partial charge in [0.25, 0.3) is 0 Å². The lowest BCUT2D eigenvalue weighted by Crippen LogP contribution is -2.33. The van der Waals surface area contributed by atoms with Crippen molar-refractivity contribution in [3.8, 4) is 17.2 Å². The van der Waals surface area contributed by atoms with E-state index in [9.17, 15) is 4.79 Å². The Hall–Kier alpha value is -2.20. The molecular formula is C18H17ClO4. The lowest BCUT2D eigenvalue weighted by molar-refractivity contribution is -0.139. The molecule has 0 radical (unpaired) electrons. The van der Waals surface area contributed by atoms with Gasteiger partial charge in [-0.2, -0.15) is 0 Å². The van der Waals surface area contributed by atoms with Gasteiger partial charge in [-0.15, -0.1) is 0 Å². The molecule has 0 bridgehead atoms. The summed E-state index contributed by atoms with van der Waals surface area (Å²) in [5, 5.41) is 0.593. The average Bonchev–Trinajstić information content (AvgIpc) is 2.56. The van der Waals surface area contributed by atoms with Crippen LogP contribution in [0.4, 0.5) is 0 Å². The van der Waals surface area contributed by atoms with Crippen LogP contribution < -0.4 is 14.2 Å². The van der Waals surface area contributed by atoms with E-state index in [1.54, 1.807) is 24.3 Å². The monoisotopic (exact) mass is 332 g/mol. The molecule has 0 saturated carbocycles. The van der Waals surface area contributed by atoms with Crippen molar-refractivity contribution in [3.63, 3.8) is 0 Å².